The van der Waals surface area contributed by atoms with E-state index in [2.05, 4.69) is 5.32 Å². The van der Waals surface area contributed by atoms with Gasteiger partial charge in [0.2, 0.25) is 0 Å². The van der Waals surface area contributed by atoms with Crippen molar-refractivity contribution in [3.05, 3.63) is 34.3 Å². The average Bonchev–Trinajstić information content (AvgIpc) is 3.24. The van der Waals surface area contributed by atoms with E-state index in [0.29, 0.717) is 29.0 Å². The van der Waals surface area contributed by atoms with Gasteiger partial charge in [0.05, 0.1) is 16.7 Å². The standard InChI is InChI=1S/C22H27ClN2O2/c23-16-3-1-2-13(7-18-17(24)4-5-27-18)19(16)20(26)25-21-9-12-6-14-8-15(11-21)22(14,21)10-12/h1-3,12,14-15,17-18H,4-11,24H2,(H,25,26)/t12?,14?,15?,17-,18?,21?,22?/m0/s1. The second-order valence-electron chi connectivity index (χ2n) is 9.76. The third-order valence-corrected chi connectivity index (χ3v) is 9.07. The Labute approximate surface area is 165 Å². The lowest BCUT2D eigenvalue weighted by atomic mass is 9.35. The molecule has 0 aromatic heterocycles. The van der Waals surface area contributed by atoms with Crippen molar-refractivity contribution < 1.29 is 9.53 Å². The highest BCUT2D eigenvalue weighted by molar-refractivity contribution is 6.34. The van der Waals surface area contributed by atoms with E-state index in [0.717, 1.165) is 29.7 Å². The molecule has 27 heavy (non-hydrogen) atoms. The lowest BCUT2D eigenvalue weighted by molar-refractivity contribution is -0.201. The molecule has 3 N–H and O–H groups in total. The molecule has 0 radical (unpaired) electrons. The van der Waals surface area contributed by atoms with Crippen LogP contribution in [0.4, 0.5) is 0 Å². The minimum absolute atomic E-state index is 0.00759. The molecule has 2 bridgehead atoms. The summed E-state index contributed by atoms with van der Waals surface area (Å²) in [5.74, 6) is 2.53. The molecule has 1 spiro atoms. The summed E-state index contributed by atoms with van der Waals surface area (Å²) < 4.78 is 5.78. The van der Waals surface area contributed by atoms with E-state index < -0.39 is 0 Å². The van der Waals surface area contributed by atoms with Gasteiger partial charge in [0, 0.05) is 24.6 Å². The number of fused-ring (bicyclic) bond motifs is 1. The average molecular weight is 387 g/mol. The van der Waals surface area contributed by atoms with Crippen LogP contribution in [0, 0.1) is 23.2 Å². The fraction of sp³-hybridized carbons (Fsp3) is 0.682. The molecule has 5 aliphatic rings. The number of ether oxygens (including phenoxy) is 1. The van der Waals surface area contributed by atoms with Crippen LogP contribution in [0.1, 0.15) is 54.4 Å². The van der Waals surface area contributed by atoms with Gasteiger partial charge in [-0.25, -0.2) is 0 Å². The molecule has 4 saturated carbocycles. The van der Waals surface area contributed by atoms with Gasteiger partial charge in [0.15, 0.2) is 0 Å². The van der Waals surface area contributed by atoms with E-state index in [1.807, 2.05) is 18.2 Å². The lowest BCUT2D eigenvalue weighted by Gasteiger charge is -2.72. The smallest absolute Gasteiger partial charge is 0.253 e. The maximum atomic E-state index is 13.4. The number of nitrogens with one attached hydrogen (secondary N) is 1. The third kappa shape index (κ3) is 2.05. The first-order valence-electron chi connectivity index (χ1n) is 10.5. The molecule has 144 valence electrons. The highest BCUT2D eigenvalue weighted by Crippen LogP contribution is 2.82. The van der Waals surface area contributed by atoms with E-state index >= 15 is 0 Å². The van der Waals surface area contributed by atoms with Gasteiger partial charge in [-0.15, -0.1) is 0 Å². The predicted molar refractivity (Wildman–Crippen MR) is 104 cm³/mol. The molecule has 1 heterocycles. The van der Waals surface area contributed by atoms with Gasteiger partial charge in [0.25, 0.3) is 5.91 Å². The number of hydrogen-bond donors (Lipinski definition) is 2. The van der Waals surface area contributed by atoms with Crippen LogP contribution in [-0.2, 0) is 11.2 Å². The zero-order chi connectivity index (χ0) is 18.4. The Morgan fingerprint density at radius 2 is 2.15 bits per heavy atom. The Kier molecular flexibility index (Phi) is 3.42. The number of carbonyl (C=O) groups is 1. The number of hydrogen-bond acceptors (Lipinski definition) is 3. The van der Waals surface area contributed by atoms with E-state index in [-0.39, 0.29) is 23.6 Å². The second-order valence-corrected chi connectivity index (χ2v) is 10.2. The number of nitrogens with two attached hydrogens (primary N) is 1. The van der Waals surface area contributed by atoms with Crippen molar-refractivity contribution in [2.75, 3.05) is 6.61 Å². The molecule has 1 amide bonds. The van der Waals surface area contributed by atoms with Crippen LogP contribution in [0.2, 0.25) is 5.02 Å². The lowest BCUT2D eigenvalue weighted by Crippen LogP contribution is -2.76. The number of benzene rings is 1. The molecule has 4 nitrogen and oxygen atoms in total. The molecule has 5 fully saturated rings. The molecule has 5 heteroatoms. The Morgan fingerprint density at radius 3 is 2.89 bits per heavy atom. The van der Waals surface area contributed by atoms with E-state index in [9.17, 15) is 4.79 Å². The van der Waals surface area contributed by atoms with Gasteiger partial charge in [-0.2, -0.15) is 0 Å². The highest BCUT2D eigenvalue weighted by Gasteiger charge is 2.80. The minimum atomic E-state index is -0.0293. The fourth-order valence-electron chi connectivity index (χ4n) is 7.77. The Bertz CT molecular complexity index is 829. The van der Waals surface area contributed by atoms with Crippen molar-refractivity contribution in [2.45, 2.75) is 62.6 Å². The topological polar surface area (TPSA) is 64.3 Å². The zero-order valence-corrected chi connectivity index (χ0v) is 16.3. The van der Waals surface area contributed by atoms with Crippen LogP contribution in [0.5, 0.6) is 0 Å². The first kappa shape index (κ1) is 16.8. The molecular weight excluding hydrogens is 360 g/mol. The summed E-state index contributed by atoms with van der Waals surface area (Å²) in [4.78, 5) is 13.4. The fourth-order valence-corrected chi connectivity index (χ4v) is 8.05. The minimum Gasteiger partial charge on any atom is -0.376 e. The van der Waals surface area contributed by atoms with Gasteiger partial charge in [-0.05, 0) is 73.3 Å². The summed E-state index contributed by atoms with van der Waals surface area (Å²) >= 11 is 6.51. The van der Waals surface area contributed by atoms with Gasteiger partial charge >= 0.3 is 0 Å². The largest absolute Gasteiger partial charge is 0.376 e. The van der Waals surface area contributed by atoms with Crippen molar-refractivity contribution in [1.29, 1.82) is 0 Å². The number of carbonyl (C=O) groups excluding carboxylic acids is 1. The van der Waals surface area contributed by atoms with Crippen LogP contribution in [0.3, 0.4) is 0 Å². The predicted octanol–water partition coefficient (Wildman–Crippen LogP) is 3.31. The number of amides is 1. The maximum Gasteiger partial charge on any atom is 0.253 e. The summed E-state index contributed by atoms with van der Waals surface area (Å²) in [6, 6.07) is 5.78. The number of halogens is 1. The van der Waals surface area contributed by atoms with E-state index in [1.54, 1.807) is 0 Å². The maximum absolute atomic E-state index is 13.4. The molecule has 1 aliphatic heterocycles. The highest BCUT2D eigenvalue weighted by atomic mass is 35.5. The summed E-state index contributed by atoms with van der Waals surface area (Å²) in [6.07, 6.45) is 7.95. The molecule has 1 aromatic rings. The summed E-state index contributed by atoms with van der Waals surface area (Å²) in [5, 5.41) is 4.05. The molecular formula is C22H27ClN2O2. The van der Waals surface area contributed by atoms with Crippen LogP contribution < -0.4 is 11.1 Å². The monoisotopic (exact) mass is 386 g/mol. The van der Waals surface area contributed by atoms with Gasteiger partial charge in [-0.3, -0.25) is 4.79 Å². The van der Waals surface area contributed by atoms with E-state index in [1.165, 1.54) is 32.1 Å². The van der Waals surface area contributed by atoms with E-state index in [4.69, 9.17) is 22.1 Å². The van der Waals surface area contributed by atoms with Crippen molar-refractivity contribution >= 4 is 17.5 Å². The Balaban J connectivity index is 1.28. The SMILES string of the molecule is N[C@H]1CCOC1Cc1cccc(Cl)c1C(=O)NC12CC3CC4CC(C1)C42C3. The first-order chi connectivity index (χ1) is 13.0. The molecule has 1 aromatic carbocycles. The van der Waals surface area contributed by atoms with Crippen molar-refractivity contribution in [3.8, 4) is 0 Å². The van der Waals surface area contributed by atoms with Gasteiger partial charge < -0.3 is 15.8 Å². The Morgan fingerprint density at radius 1 is 1.26 bits per heavy atom. The summed E-state index contributed by atoms with van der Waals surface area (Å²) in [6.45, 7) is 0.698. The van der Waals surface area contributed by atoms with Crippen LogP contribution in [-0.4, -0.2) is 30.2 Å². The second kappa shape index (κ2) is 5.49. The van der Waals surface area contributed by atoms with Crippen molar-refractivity contribution in [3.63, 3.8) is 0 Å². The van der Waals surface area contributed by atoms with Gasteiger partial charge in [-0.1, -0.05) is 23.7 Å². The van der Waals surface area contributed by atoms with Crippen LogP contribution >= 0.6 is 11.6 Å². The molecule has 4 aliphatic carbocycles. The molecule has 1 saturated heterocycles. The molecule has 6 unspecified atom stereocenters. The van der Waals surface area contributed by atoms with Crippen molar-refractivity contribution in [1.82, 2.24) is 5.32 Å². The summed E-state index contributed by atoms with van der Waals surface area (Å²) in [5.41, 5.74) is 8.23. The molecule has 6 rings (SSSR count). The Hall–Kier alpha value is -1.10. The normalized spacial score (nSPS) is 45.9. The zero-order valence-electron chi connectivity index (χ0n) is 15.5. The third-order valence-electron chi connectivity index (χ3n) is 8.75. The number of rotatable bonds is 4. The first-order valence-corrected chi connectivity index (χ1v) is 10.9. The summed E-state index contributed by atoms with van der Waals surface area (Å²) in [7, 11) is 0. The van der Waals surface area contributed by atoms with Crippen LogP contribution in [0.15, 0.2) is 18.2 Å². The molecule has 7 atom stereocenters. The van der Waals surface area contributed by atoms with Crippen molar-refractivity contribution in [2.24, 2.45) is 28.9 Å². The van der Waals surface area contributed by atoms with Gasteiger partial charge in [0.1, 0.15) is 0 Å². The van der Waals surface area contributed by atoms with Crippen LogP contribution in [0.25, 0.3) is 0 Å². The quantitative estimate of drug-likeness (QED) is 0.834.